The first kappa shape index (κ1) is 10.8. The van der Waals surface area contributed by atoms with Crippen LogP contribution >= 0.6 is 11.6 Å². The first-order chi connectivity index (χ1) is 6.74. The van der Waals surface area contributed by atoms with Crippen molar-refractivity contribution in [1.82, 2.24) is 0 Å². The normalized spacial score (nSPS) is 10.4. The van der Waals surface area contributed by atoms with Gasteiger partial charge in [-0.25, -0.2) is 0 Å². The molecule has 0 saturated heterocycles. The van der Waals surface area contributed by atoms with Crippen molar-refractivity contribution in [2.24, 2.45) is 0 Å². The summed E-state index contributed by atoms with van der Waals surface area (Å²) in [6, 6.07) is 7.44. The zero-order valence-corrected chi connectivity index (χ0v) is 8.62. The number of benzene rings is 1. The SMILES string of the molecule is COC(=O)C/C=C\c1ccccc1Cl. The second kappa shape index (κ2) is 5.45. The van der Waals surface area contributed by atoms with Gasteiger partial charge in [0.15, 0.2) is 0 Å². The van der Waals surface area contributed by atoms with Crippen LogP contribution in [0.15, 0.2) is 30.3 Å². The van der Waals surface area contributed by atoms with Crippen LogP contribution in [0, 0.1) is 0 Å². The monoisotopic (exact) mass is 210 g/mol. The summed E-state index contributed by atoms with van der Waals surface area (Å²) in [5.74, 6) is -0.256. The molecule has 0 fully saturated rings. The first-order valence-electron chi connectivity index (χ1n) is 4.22. The third-order valence-corrected chi connectivity index (χ3v) is 2.06. The van der Waals surface area contributed by atoms with Crippen molar-refractivity contribution in [1.29, 1.82) is 0 Å². The smallest absolute Gasteiger partial charge is 0.309 e. The maximum Gasteiger partial charge on any atom is 0.309 e. The van der Waals surface area contributed by atoms with Crippen LogP contribution < -0.4 is 0 Å². The summed E-state index contributed by atoms with van der Waals surface area (Å²) < 4.78 is 4.50. The van der Waals surface area contributed by atoms with E-state index in [0.717, 1.165) is 5.56 Å². The van der Waals surface area contributed by atoms with Crippen LogP contribution in [-0.4, -0.2) is 13.1 Å². The van der Waals surface area contributed by atoms with Gasteiger partial charge in [0.05, 0.1) is 13.5 Å². The fraction of sp³-hybridized carbons (Fsp3) is 0.182. The Kier molecular flexibility index (Phi) is 4.20. The van der Waals surface area contributed by atoms with Crippen LogP contribution in [0.3, 0.4) is 0 Å². The lowest BCUT2D eigenvalue weighted by atomic mass is 10.2. The molecule has 74 valence electrons. The van der Waals surface area contributed by atoms with E-state index in [0.29, 0.717) is 5.02 Å². The highest BCUT2D eigenvalue weighted by Gasteiger charge is 1.96. The molecule has 0 heterocycles. The highest BCUT2D eigenvalue weighted by molar-refractivity contribution is 6.32. The van der Waals surface area contributed by atoms with E-state index < -0.39 is 0 Å². The lowest BCUT2D eigenvalue weighted by molar-refractivity contribution is -0.139. The fourth-order valence-corrected chi connectivity index (χ4v) is 1.17. The van der Waals surface area contributed by atoms with Gasteiger partial charge in [-0.3, -0.25) is 4.79 Å². The van der Waals surface area contributed by atoms with Crippen LogP contribution in [0.4, 0.5) is 0 Å². The van der Waals surface area contributed by atoms with E-state index in [9.17, 15) is 4.79 Å². The molecule has 14 heavy (non-hydrogen) atoms. The minimum atomic E-state index is -0.256. The van der Waals surface area contributed by atoms with Crippen LogP contribution in [0.5, 0.6) is 0 Å². The van der Waals surface area contributed by atoms with Gasteiger partial charge in [-0.2, -0.15) is 0 Å². The predicted molar refractivity (Wildman–Crippen MR) is 57.1 cm³/mol. The van der Waals surface area contributed by atoms with E-state index >= 15 is 0 Å². The van der Waals surface area contributed by atoms with Crippen LogP contribution in [0.1, 0.15) is 12.0 Å². The highest BCUT2D eigenvalue weighted by atomic mass is 35.5. The molecule has 0 amide bonds. The van der Waals surface area contributed by atoms with Crippen LogP contribution in [0.2, 0.25) is 5.02 Å². The van der Waals surface area contributed by atoms with E-state index in [1.807, 2.05) is 18.2 Å². The number of carbonyl (C=O) groups excluding carboxylic acids is 1. The minimum Gasteiger partial charge on any atom is -0.469 e. The Morgan fingerprint density at radius 2 is 2.21 bits per heavy atom. The molecule has 0 saturated carbocycles. The van der Waals surface area contributed by atoms with E-state index in [-0.39, 0.29) is 12.4 Å². The number of rotatable bonds is 3. The Bertz CT molecular complexity index is 345. The van der Waals surface area contributed by atoms with Gasteiger partial charge in [0.2, 0.25) is 0 Å². The van der Waals surface area contributed by atoms with Crippen molar-refractivity contribution in [3.8, 4) is 0 Å². The molecule has 0 aliphatic carbocycles. The molecule has 2 nitrogen and oxygen atoms in total. The van der Waals surface area contributed by atoms with Gasteiger partial charge in [0, 0.05) is 5.02 Å². The average molecular weight is 211 g/mol. The molecule has 0 aliphatic heterocycles. The number of esters is 1. The molecule has 1 aromatic rings. The van der Waals surface area contributed by atoms with E-state index in [1.165, 1.54) is 7.11 Å². The molecule has 0 bridgehead atoms. The van der Waals surface area contributed by atoms with Crippen molar-refractivity contribution in [3.63, 3.8) is 0 Å². The molecule has 0 radical (unpaired) electrons. The van der Waals surface area contributed by atoms with Gasteiger partial charge in [-0.1, -0.05) is 42.0 Å². The summed E-state index contributed by atoms with van der Waals surface area (Å²) in [6.45, 7) is 0. The van der Waals surface area contributed by atoms with Crippen molar-refractivity contribution < 1.29 is 9.53 Å². The third kappa shape index (κ3) is 3.23. The molecule has 0 N–H and O–H groups in total. The Morgan fingerprint density at radius 1 is 1.50 bits per heavy atom. The second-order valence-corrected chi connectivity index (χ2v) is 3.11. The lowest BCUT2D eigenvalue weighted by Crippen LogP contribution is -1.96. The number of carbonyl (C=O) groups is 1. The quantitative estimate of drug-likeness (QED) is 0.718. The van der Waals surface area contributed by atoms with E-state index in [1.54, 1.807) is 18.2 Å². The van der Waals surface area contributed by atoms with Crippen molar-refractivity contribution >= 4 is 23.6 Å². The predicted octanol–water partition coefficient (Wildman–Crippen LogP) is 2.92. The molecule has 1 rings (SSSR count). The molecule has 1 aromatic carbocycles. The topological polar surface area (TPSA) is 26.3 Å². The zero-order valence-electron chi connectivity index (χ0n) is 7.87. The standard InChI is InChI=1S/C11H11ClO2/c1-14-11(13)8-4-6-9-5-2-3-7-10(9)12/h2-7H,8H2,1H3/b6-4-. The van der Waals surface area contributed by atoms with E-state index in [2.05, 4.69) is 4.74 Å². The Balaban J connectivity index is 2.60. The van der Waals surface area contributed by atoms with Crippen molar-refractivity contribution in [2.45, 2.75) is 6.42 Å². The Morgan fingerprint density at radius 3 is 2.86 bits per heavy atom. The summed E-state index contributed by atoms with van der Waals surface area (Å²) in [7, 11) is 1.37. The maximum atomic E-state index is 10.8. The number of hydrogen-bond acceptors (Lipinski definition) is 2. The van der Waals surface area contributed by atoms with Crippen molar-refractivity contribution in [2.75, 3.05) is 7.11 Å². The van der Waals surface area contributed by atoms with Gasteiger partial charge in [0.1, 0.15) is 0 Å². The molecule has 0 unspecified atom stereocenters. The van der Waals surface area contributed by atoms with Crippen molar-refractivity contribution in [3.05, 3.63) is 40.9 Å². The highest BCUT2D eigenvalue weighted by Crippen LogP contribution is 2.16. The molecule has 0 spiro atoms. The average Bonchev–Trinajstić information content (AvgIpc) is 2.20. The molecular weight excluding hydrogens is 200 g/mol. The largest absolute Gasteiger partial charge is 0.469 e. The maximum absolute atomic E-state index is 10.8. The molecule has 3 heteroatoms. The second-order valence-electron chi connectivity index (χ2n) is 2.70. The number of hydrogen-bond donors (Lipinski definition) is 0. The Labute approximate surface area is 88.1 Å². The fourth-order valence-electron chi connectivity index (χ4n) is 0.976. The van der Waals surface area contributed by atoms with E-state index in [4.69, 9.17) is 11.6 Å². The van der Waals surface area contributed by atoms with Gasteiger partial charge in [-0.15, -0.1) is 0 Å². The number of halogens is 1. The zero-order chi connectivity index (χ0) is 10.4. The Hall–Kier alpha value is -1.28. The first-order valence-corrected chi connectivity index (χ1v) is 4.59. The molecule has 0 aliphatic rings. The summed E-state index contributed by atoms with van der Waals surface area (Å²) in [6.07, 6.45) is 3.80. The number of methoxy groups -OCH3 is 1. The van der Waals surface area contributed by atoms with Crippen LogP contribution in [0.25, 0.3) is 6.08 Å². The summed E-state index contributed by atoms with van der Waals surface area (Å²) in [4.78, 5) is 10.8. The van der Waals surface area contributed by atoms with Gasteiger partial charge in [0.25, 0.3) is 0 Å². The minimum absolute atomic E-state index is 0.256. The lowest BCUT2D eigenvalue weighted by Gasteiger charge is -1.96. The molecular formula is C11H11ClO2. The molecule has 0 atom stereocenters. The summed E-state index contributed by atoms with van der Waals surface area (Å²) in [5.41, 5.74) is 0.901. The van der Waals surface area contributed by atoms with Gasteiger partial charge in [-0.05, 0) is 11.6 Å². The number of ether oxygens (including phenoxy) is 1. The summed E-state index contributed by atoms with van der Waals surface area (Å²) >= 11 is 5.91. The van der Waals surface area contributed by atoms with Crippen LogP contribution in [-0.2, 0) is 9.53 Å². The third-order valence-electron chi connectivity index (χ3n) is 1.71. The molecule has 0 aromatic heterocycles. The summed E-state index contributed by atoms with van der Waals surface area (Å²) in [5, 5.41) is 0.675. The van der Waals surface area contributed by atoms with Gasteiger partial charge < -0.3 is 4.74 Å². The van der Waals surface area contributed by atoms with Gasteiger partial charge >= 0.3 is 5.97 Å².